The number of nitrogens with zero attached hydrogens (tertiary/aromatic N) is 5. The average Bonchev–Trinajstić information content (AvgIpc) is 3.38. The standard InChI is InChI=1S/C22H24F2N6O/c1-29-6-5-16(28-29)13-9-20(31)14(8-15(13)23)18-10-26-21(11-25-18)30(2)19-7-12-3-4-17(27-12)22(19)24/h5-6,8-12,17,19,22,27,31H,3-4,7H2,1-2H3/t12-,17?,19-,22+/m0/s1. The minimum Gasteiger partial charge on any atom is -0.507 e. The molecule has 7 nitrogen and oxygen atoms in total. The van der Waals surface area contributed by atoms with E-state index >= 15 is 0 Å². The number of alkyl halides is 1. The fraction of sp³-hybridized carbons (Fsp3) is 0.409. The Morgan fingerprint density at radius 3 is 2.71 bits per heavy atom. The molecule has 0 radical (unpaired) electrons. The molecule has 2 aliphatic rings. The Bertz CT molecular complexity index is 1100. The summed E-state index contributed by atoms with van der Waals surface area (Å²) in [4.78, 5) is 10.6. The first-order valence-electron chi connectivity index (χ1n) is 10.4. The predicted octanol–water partition coefficient (Wildman–Crippen LogP) is 3.06. The number of aromatic nitrogens is 4. The van der Waals surface area contributed by atoms with Crippen LogP contribution in [0.25, 0.3) is 22.5 Å². The van der Waals surface area contributed by atoms with Crippen LogP contribution in [0.5, 0.6) is 5.75 Å². The fourth-order valence-corrected chi connectivity index (χ4v) is 4.68. The summed E-state index contributed by atoms with van der Waals surface area (Å²) in [5, 5.41) is 18.0. The fourth-order valence-electron chi connectivity index (χ4n) is 4.68. The van der Waals surface area contributed by atoms with E-state index in [4.69, 9.17) is 0 Å². The number of aromatic hydroxyl groups is 1. The van der Waals surface area contributed by atoms with Gasteiger partial charge in [0.2, 0.25) is 0 Å². The Morgan fingerprint density at radius 2 is 2.00 bits per heavy atom. The number of halogens is 2. The Kier molecular flexibility index (Phi) is 4.85. The summed E-state index contributed by atoms with van der Waals surface area (Å²) in [5.74, 6) is -0.0843. The van der Waals surface area contributed by atoms with E-state index < -0.39 is 12.0 Å². The van der Waals surface area contributed by atoms with E-state index in [0.717, 1.165) is 19.3 Å². The van der Waals surface area contributed by atoms with Crippen molar-refractivity contribution in [3.05, 3.63) is 42.6 Å². The lowest BCUT2D eigenvalue weighted by molar-refractivity contribution is 0.176. The van der Waals surface area contributed by atoms with Gasteiger partial charge < -0.3 is 15.3 Å². The topological polar surface area (TPSA) is 79.1 Å². The largest absolute Gasteiger partial charge is 0.507 e. The zero-order chi connectivity index (χ0) is 21.7. The molecule has 0 spiro atoms. The molecule has 1 aromatic carbocycles. The minimum atomic E-state index is -0.970. The van der Waals surface area contributed by atoms with Crippen molar-refractivity contribution in [1.29, 1.82) is 0 Å². The van der Waals surface area contributed by atoms with Crippen LogP contribution in [0.4, 0.5) is 14.6 Å². The summed E-state index contributed by atoms with van der Waals surface area (Å²) in [6, 6.07) is 4.22. The normalized spacial score (nSPS) is 25.0. The molecule has 0 amide bonds. The van der Waals surface area contributed by atoms with E-state index in [2.05, 4.69) is 20.4 Å². The third-order valence-corrected chi connectivity index (χ3v) is 6.40. The number of phenols is 1. The number of hydrogen-bond acceptors (Lipinski definition) is 6. The second kappa shape index (κ2) is 7.56. The van der Waals surface area contributed by atoms with Crippen molar-refractivity contribution >= 4 is 5.82 Å². The number of rotatable bonds is 4. The first-order chi connectivity index (χ1) is 14.9. The summed E-state index contributed by atoms with van der Waals surface area (Å²) in [6.07, 6.45) is 6.33. The molecule has 4 heterocycles. The van der Waals surface area contributed by atoms with E-state index in [9.17, 15) is 13.9 Å². The van der Waals surface area contributed by atoms with E-state index in [1.165, 1.54) is 24.5 Å². The van der Waals surface area contributed by atoms with Gasteiger partial charge >= 0.3 is 0 Å². The van der Waals surface area contributed by atoms with Gasteiger partial charge in [-0.2, -0.15) is 5.10 Å². The molecular formula is C22H24F2N6O. The molecule has 162 valence electrons. The molecule has 0 saturated carbocycles. The van der Waals surface area contributed by atoms with E-state index in [1.54, 1.807) is 24.0 Å². The SMILES string of the molecule is CN(c1cnc(-c2cc(F)c(-c3ccn(C)n3)cc2O)cn1)[C@H]1C[C@@H]2CCC(N2)[C@H]1F. The summed E-state index contributed by atoms with van der Waals surface area (Å²) in [6.45, 7) is 0. The highest BCUT2D eigenvalue weighted by molar-refractivity contribution is 5.73. The summed E-state index contributed by atoms with van der Waals surface area (Å²) in [7, 11) is 3.56. The van der Waals surface area contributed by atoms with Crippen LogP contribution >= 0.6 is 0 Å². The highest BCUT2D eigenvalue weighted by Gasteiger charge is 2.43. The number of aryl methyl sites for hydroxylation is 1. The third-order valence-electron chi connectivity index (χ3n) is 6.40. The summed E-state index contributed by atoms with van der Waals surface area (Å²) in [5.41, 5.74) is 1.22. The van der Waals surface area contributed by atoms with Crippen molar-refractivity contribution in [3.8, 4) is 28.3 Å². The molecule has 2 N–H and O–H groups in total. The zero-order valence-corrected chi connectivity index (χ0v) is 17.3. The molecule has 5 rings (SSSR count). The Labute approximate surface area is 178 Å². The molecule has 2 bridgehead atoms. The number of anilines is 1. The lowest BCUT2D eigenvalue weighted by atomic mass is 9.96. The van der Waals surface area contributed by atoms with E-state index in [-0.39, 0.29) is 29.0 Å². The van der Waals surface area contributed by atoms with Crippen LogP contribution in [-0.2, 0) is 7.05 Å². The number of phenolic OH excluding ortho intramolecular Hbond substituents is 1. The van der Waals surface area contributed by atoms with Gasteiger partial charge in [-0.05, 0) is 37.5 Å². The maximum absolute atomic E-state index is 14.9. The number of hydrogen-bond donors (Lipinski definition) is 2. The molecule has 31 heavy (non-hydrogen) atoms. The van der Waals surface area contributed by atoms with Crippen LogP contribution in [0.2, 0.25) is 0 Å². The molecule has 1 unspecified atom stereocenters. The maximum Gasteiger partial charge on any atom is 0.147 e. The van der Waals surface area contributed by atoms with Crippen molar-refractivity contribution in [2.45, 2.75) is 43.6 Å². The highest BCUT2D eigenvalue weighted by atomic mass is 19.1. The van der Waals surface area contributed by atoms with Gasteiger partial charge in [0.25, 0.3) is 0 Å². The van der Waals surface area contributed by atoms with E-state index in [0.29, 0.717) is 23.2 Å². The predicted molar refractivity (Wildman–Crippen MR) is 113 cm³/mol. The van der Waals surface area contributed by atoms with Gasteiger partial charge in [0.05, 0.1) is 29.8 Å². The lowest BCUT2D eigenvalue weighted by Crippen LogP contribution is -2.55. The highest BCUT2D eigenvalue weighted by Crippen LogP contribution is 2.35. The Balaban J connectivity index is 1.39. The van der Waals surface area contributed by atoms with Crippen molar-refractivity contribution in [2.24, 2.45) is 7.05 Å². The number of fused-ring (bicyclic) bond motifs is 2. The summed E-state index contributed by atoms with van der Waals surface area (Å²) < 4.78 is 31.1. The van der Waals surface area contributed by atoms with Crippen LogP contribution in [-0.4, -0.2) is 56.2 Å². The van der Waals surface area contributed by atoms with Crippen molar-refractivity contribution in [3.63, 3.8) is 0 Å². The maximum atomic E-state index is 14.9. The van der Waals surface area contributed by atoms with Gasteiger partial charge in [-0.3, -0.25) is 9.67 Å². The molecule has 2 saturated heterocycles. The molecule has 2 fully saturated rings. The lowest BCUT2D eigenvalue weighted by Gasteiger charge is -2.38. The third kappa shape index (κ3) is 3.52. The number of nitrogens with one attached hydrogen (secondary N) is 1. The van der Waals surface area contributed by atoms with Crippen LogP contribution < -0.4 is 10.2 Å². The Morgan fingerprint density at radius 1 is 1.16 bits per heavy atom. The summed E-state index contributed by atoms with van der Waals surface area (Å²) >= 11 is 0. The first kappa shape index (κ1) is 19.9. The zero-order valence-electron chi connectivity index (χ0n) is 17.3. The van der Waals surface area contributed by atoms with Gasteiger partial charge in [-0.1, -0.05) is 0 Å². The van der Waals surface area contributed by atoms with Crippen LogP contribution in [0.3, 0.4) is 0 Å². The van der Waals surface area contributed by atoms with Crippen LogP contribution in [0.1, 0.15) is 19.3 Å². The molecule has 9 heteroatoms. The second-order valence-corrected chi connectivity index (χ2v) is 8.39. The molecular weight excluding hydrogens is 402 g/mol. The number of piperidine rings is 1. The molecule has 4 atom stereocenters. The van der Waals surface area contributed by atoms with Crippen molar-refractivity contribution < 1.29 is 13.9 Å². The van der Waals surface area contributed by atoms with Gasteiger partial charge in [0.15, 0.2) is 0 Å². The molecule has 2 aliphatic heterocycles. The van der Waals surface area contributed by atoms with Gasteiger partial charge in [-0.15, -0.1) is 0 Å². The van der Waals surface area contributed by atoms with Crippen LogP contribution in [0, 0.1) is 5.82 Å². The molecule has 0 aliphatic carbocycles. The van der Waals surface area contributed by atoms with Crippen molar-refractivity contribution in [1.82, 2.24) is 25.1 Å². The minimum absolute atomic E-state index is 0.101. The smallest absolute Gasteiger partial charge is 0.147 e. The van der Waals surface area contributed by atoms with Crippen molar-refractivity contribution in [2.75, 3.05) is 11.9 Å². The first-order valence-corrected chi connectivity index (χ1v) is 10.4. The van der Waals surface area contributed by atoms with Gasteiger partial charge in [0.1, 0.15) is 23.6 Å². The average molecular weight is 426 g/mol. The van der Waals surface area contributed by atoms with Crippen LogP contribution in [0.15, 0.2) is 36.8 Å². The molecule has 2 aromatic heterocycles. The van der Waals surface area contributed by atoms with E-state index in [1.807, 2.05) is 11.9 Å². The van der Waals surface area contributed by atoms with Gasteiger partial charge in [-0.25, -0.2) is 13.8 Å². The second-order valence-electron chi connectivity index (χ2n) is 8.39. The quantitative estimate of drug-likeness (QED) is 0.668. The van der Waals surface area contributed by atoms with Gasteiger partial charge in [0, 0.05) is 43.5 Å². The monoisotopic (exact) mass is 426 g/mol. The molecule has 3 aromatic rings. The number of benzene rings is 1. The Hall–Kier alpha value is -3.07.